The Morgan fingerprint density at radius 1 is 1.39 bits per heavy atom. The van der Waals surface area contributed by atoms with E-state index in [9.17, 15) is 4.79 Å². The van der Waals surface area contributed by atoms with Crippen molar-refractivity contribution >= 4 is 67.3 Å². The molecule has 8 heteroatoms. The molecule has 1 aromatic heterocycles. The van der Waals surface area contributed by atoms with Crippen LogP contribution in [-0.2, 0) is 0 Å². The zero-order valence-corrected chi connectivity index (χ0v) is 12.5. The summed E-state index contributed by atoms with van der Waals surface area (Å²) in [4.78, 5) is 14.8. The standard InChI is InChI=1S/C10H5BrCl2N2O2S/c11-4-1-2-5(8(13)7(4)12)15-10-14-3-6(18-10)9(16)17/h1-3H,(H,14,15)(H,16,17). The highest BCUT2D eigenvalue weighted by molar-refractivity contribution is 9.10. The second-order valence-electron chi connectivity index (χ2n) is 3.18. The number of hydrogen-bond acceptors (Lipinski definition) is 4. The predicted molar refractivity (Wildman–Crippen MR) is 76.5 cm³/mol. The van der Waals surface area contributed by atoms with Gasteiger partial charge in [0.1, 0.15) is 4.88 Å². The number of carbonyl (C=O) groups is 1. The number of rotatable bonds is 3. The minimum absolute atomic E-state index is 0.150. The van der Waals surface area contributed by atoms with Gasteiger partial charge in [0.15, 0.2) is 5.13 Å². The maximum absolute atomic E-state index is 10.7. The van der Waals surface area contributed by atoms with Crippen LogP contribution in [0.4, 0.5) is 10.8 Å². The third-order valence-corrected chi connectivity index (χ3v) is 4.67. The SMILES string of the molecule is O=C(O)c1cnc(Nc2ccc(Br)c(Cl)c2Cl)s1. The monoisotopic (exact) mass is 366 g/mol. The van der Waals surface area contributed by atoms with Crippen molar-refractivity contribution in [2.45, 2.75) is 0 Å². The lowest BCUT2D eigenvalue weighted by molar-refractivity contribution is 0.0702. The van der Waals surface area contributed by atoms with Crippen LogP contribution in [0.3, 0.4) is 0 Å². The number of carboxylic acid groups (broad SMARTS) is 1. The van der Waals surface area contributed by atoms with E-state index in [1.807, 2.05) is 0 Å². The van der Waals surface area contributed by atoms with Gasteiger partial charge in [0, 0.05) is 4.47 Å². The fraction of sp³-hybridized carbons (Fsp3) is 0. The van der Waals surface area contributed by atoms with Crippen LogP contribution in [0.1, 0.15) is 9.67 Å². The fourth-order valence-electron chi connectivity index (χ4n) is 1.17. The third kappa shape index (κ3) is 2.77. The summed E-state index contributed by atoms with van der Waals surface area (Å²) in [6.07, 6.45) is 1.28. The summed E-state index contributed by atoms with van der Waals surface area (Å²) in [6, 6.07) is 3.46. The molecule has 2 aromatic rings. The molecule has 2 rings (SSSR count). The predicted octanol–water partition coefficient (Wildman–Crippen LogP) is 4.65. The second kappa shape index (κ2) is 5.44. The number of nitrogens with zero attached hydrogens (tertiary/aromatic N) is 1. The van der Waals surface area contributed by atoms with E-state index in [4.69, 9.17) is 28.3 Å². The topological polar surface area (TPSA) is 62.2 Å². The normalized spacial score (nSPS) is 10.4. The molecule has 4 nitrogen and oxygen atoms in total. The van der Waals surface area contributed by atoms with Crippen molar-refractivity contribution in [2.24, 2.45) is 0 Å². The Morgan fingerprint density at radius 3 is 2.72 bits per heavy atom. The number of anilines is 2. The molecule has 1 heterocycles. The van der Waals surface area contributed by atoms with Crippen molar-refractivity contribution in [1.29, 1.82) is 0 Å². The molecule has 1 aromatic carbocycles. The molecule has 0 aliphatic carbocycles. The summed E-state index contributed by atoms with van der Waals surface area (Å²) in [7, 11) is 0. The first-order valence-corrected chi connectivity index (χ1v) is 6.95. The molecule has 0 fully saturated rings. The van der Waals surface area contributed by atoms with Crippen LogP contribution in [0.25, 0.3) is 0 Å². The van der Waals surface area contributed by atoms with E-state index >= 15 is 0 Å². The average molecular weight is 368 g/mol. The number of benzene rings is 1. The van der Waals surface area contributed by atoms with Crippen LogP contribution in [0, 0.1) is 0 Å². The zero-order chi connectivity index (χ0) is 13.3. The van der Waals surface area contributed by atoms with Gasteiger partial charge < -0.3 is 10.4 Å². The molecule has 0 bridgehead atoms. The smallest absolute Gasteiger partial charge is 0.347 e. The summed E-state index contributed by atoms with van der Waals surface area (Å²) >= 11 is 16.3. The molecule has 0 unspecified atom stereocenters. The fourth-order valence-corrected chi connectivity index (χ4v) is 2.66. The van der Waals surface area contributed by atoms with E-state index in [0.717, 1.165) is 11.3 Å². The van der Waals surface area contributed by atoms with Crippen molar-refractivity contribution in [3.05, 3.63) is 37.7 Å². The Morgan fingerprint density at radius 2 is 2.11 bits per heavy atom. The lowest BCUT2D eigenvalue weighted by Crippen LogP contribution is -1.91. The zero-order valence-electron chi connectivity index (χ0n) is 8.58. The van der Waals surface area contributed by atoms with Crippen LogP contribution in [-0.4, -0.2) is 16.1 Å². The Kier molecular flexibility index (Phi) is 4.11. The van der Waals surface area contributed by atoms with Gasteiger partial charge in [0.25, 0.3) is 0 Å². The molecule has 0 aliphatic rings. The van der Waals surface area contributed by atoms with Crippen LogP contribution < -0.4 is 5.32 Å². The van der Waals surface area contributed by atoms with E-state index in [1.165, 1.54) is 6.20 Å². The van der Waals surface area contributed by atoms with Gasteiger partial charge in [0.05, 0.1) is 21.9 Å². The van der Waals surface area contributed by atoms with Crippen molar-refractivity contribution in [3.63, 3.8) is 0 Å². The summed E-state index contributed by atoms with van der Waals surface area (Å²) in [6.45, 7) is 0. The minimum atomic E-state index is -1.01. The van der Waals surface area contributed by atoms with Crippen LogP contribution >= 0.6 is 50.5 Å². The summed E-state index contributed by atoms with van der Waals surface area (Å²) < 4.78 is 0.685. The largest absolute Gasteiger partial charge is 0.477 e. The number of thiazole rings is 1. The highest BCUT2D eigenvalue weighted by Crippen LogP contribution is 2.37. The summed E-state index contributed by atoms with van der Waals surface area (Å²) in [5.74, 6) is -1.01. The van der Waals surface area contributed by atoms with E-state index in [2.05, 4.69) is 26.2 Å². The van der Waals surface area contributed by atoms with Gasteiger partial charge in [-0.25, -0.2) is 9.78 Å². The third-order valence-electron chi connectivity index (χ3n) is 1.99. The van der Waals surface area contributed by atoms with E-state index in [-0.39, 0.29) is 4.88 Å². The number of nitrogens with one attached hydrogen (secondary N) is 1. The van der Waals surface area contributed by atoms with E-state index < -0.39 is 5.97 Å². The molecular weight excluding hydrogens is 363 g/mol. The highest BCUT2D eigenvalue weighted by atomic mass is 79.9. The Hall–Kier alpha value is -0.820. The van der Waals surface area contributed by atoms with Gasteiger partial charge in [-0.1, -0.05) is 34.5 Å². The molecule has 0 radical (unpaired) electrons. The number of aromatic nitrogens is 1. The van der Waals surface area contributed by atoms with Gasteiger partial charge in [-0.3, -0.25) is 0 Å². The summed E-state index contributed by atoms with van der Waals surface area (Å²) in [5.41, 5.74) is 0.566. The van der Waals surface area contributed by atoms with Crippen LogP contribution in [0.15, 0.2) is 22.8 Å². The first-order valence-electron chi connectivity index (χ1n) is 4.58. The maximum Gasteiger partial charge on any atom is 0.347 e. The first-order chi connectivity index (χ1) is 8.49. The van der Waals surface area contributed by atoms with Gasteiger partial charge in [0.2, 0.25) is 0 Å². The maximum atomic E-state index is 10.7. The molecule has 0 aliphatic heterocycles. The van der Waals surface area contributed by atoms with E-state index in [1.54, 1.807) is 12.1 Å². The van der Waals surface area contributed by atoms with Gasteiger partial charge in [-0.2, -0.15) is 0 Å². The van der Waals surface area contributed by atoms with Crippen LogP contribution in [0.2, 0.25) is 10.0 Å². The summed E-state index contributed by atoms with van der Waals surface area (Å²) in [5, 5.41) is 12.9. The quantitative estimate of drug-likeness (QED) is 0.774. The number of aromatic carboxylic acids is 1. The Labute approximate surface area is 125 Å². The van der Waals surface area contributed by atoms with Crippen LogP contribution in [0.5, 0.6) is 0 Å². The molecular formula is C10H5BrCl2N2O2S. The average Bonchev–Trinajstić information content (AvgIpc) is 2.79. The second-order valence-corrected chi connectivity index (χ2v) is 5.82. The first kappa shape index (κ1) is 13.6. The molecule has 18 heavy (non-hydrogen) atoms. The van der Waals surface area contributed by atoms with Gasteiger partial charge >= 0.3 is 5.97 Å². The lowest BCUT2D eigenvalue weighted by atomic mass is 10.3. The molecule has 0 saturated heterocycles. The molecule has 0 atom stereocenters. The van der Waals surface area contributed by atoms with Crippen molar-refractivity contribution < 1.29 is 9.90 Å². The molecule has 0 saturated carbocycles. The number of halogens is 3. The number of carboxylic acids is 1. The molecule has 94 valence electrons. The molecule has 0 spiro atoms. The van der Waals surface area contributed by atoms with E-state index in [0.29, 0.717) is 25.3 Å². The lowest BCUT2D eigenvalue weighted by Gasteiger charge is -2.07. The van der Waals surface area contributed by atoms with Crippen molar-refractivity contribution in [2.75, 3.05) is 5.32 Å². The van der Waals surface area contributed by atoms with Crippen molar-refractivity contribution in [1.82, 2.24) is 4.98 Å². The van der Waals surface area contributed by atoms with Gasteiger partial charge in [-0.05, 0) is 28.1 Å². The molecule has 2 N–H and O–H groups in total. The Bertz CT molecular complexity index is 618. The number of hydrogen-bond donors (Lipinski definition) is 2. The molecule has 0 amide bonds. The highest BCUT2D eigenvalue weighted by Gasteiger charge is 2.12. The minimum Gasteiger partial charge on any atom is -0.477 e. The Balaban J connectivity index is 2.28. The van der Waals surface area contributed by atoms with Gasteiger partial charge in [-0.15, -0.1) is 0 Å². The van der Waals surface area contributed by atoms with Crippen molar-refractivity contribution in [3.8, 4) is 0 Å².